The molecule has 1 heterocycles. The van der Waals surface area contributed by atoms with Crippen LogP contribution in [0.25, 0.3) is 11.6 Å². The summed E-state index contributed by atoms with van der Waals surface area (Å²) < 4.78 is 50.1. The van der Waals surface area contributed by atoms with Crippen molar-refractivity contribution >= 4 is 11.6 Å². The van der Waals surface area contributed by atoms with Crippen molar-refractivity contribution < 1.29 is 17.6 Å². The molecule has 0 fully saturated rings. The summed E-state index contributed by atoms with van der Waals surface area (Å²) in [7, 11) is 0. The summed E-state index contributed by atoms with van der Waals surface area (Å²) >= 11 is 0. The lowest BCUT2D eigenvalue weighted by Crippen LogP contribution is -2.05. The zero-order chi connectivity index (χ0) is 15.5. The number of nitriles is 1. The molecule has 0 N–H and O–H groups in total. The second-order valence-corrected chi connectivity index (χ2v) is 4.15. The smallest absolute Gasteiger partial charge is 0.255 e. The number of pyridine rings is 1. The largest absolute Gasteiger partial charge is 0.417 e. The first-order chi connectivity index (χ1) is 9.90. The van der Waals surface area contributed by atoms with Crippen molar-refractivity contribution in [2.75, 3.05) is 0 Å². The van der Waals surface area contributed by atoms with Gasteiger partial charge in [-0.1, -0.05) is 12.1 Å². The average molecular weight is 292 g/mol. The van der Waals surface area contributed by atoms with Gasteiger partial charge < -0.3 is 0 Å². The summed E-state index contributed by atoms with van der Waals surface area (Å²) in [5.74, 6) is -0.418. The molecule has 0 aliphatic rings. The van der Waals surface area contributed by atoms with Crippen molar-refractivity contribution in [2.24, 2.45) is 0 Å². The normalized spacial score (nSPS) is 12.0. The van der Waals surface area contributed by atoms with Gasteiger partial charge in [0.1, 0.15) is 11.9 Å². The number of rotatable bonds is 2. The summed E-state index contributed by atoms with van der Waals surface area (Å²) in [4.78, 5) is 3.65. The Morgan fingerprint density at radius 1 is 1.10 bits per heavy atom. The summed E-state index contributed by atoms with van der Waals surface area (Å²) in [6, 6.07) is 9.21. The fourth-order valence-corrected chi connectivity index (χ4v) is 1.61. The van der Waals surface area contributed by atoms with Crippen LogP contribution in [0, 0.1) is 17.1 Å². The Kier molecular flexibility index (Phi) is 4.03. The molecule has 0 saturated heterocycles. The van der Waals surface area contributed by atoms with Crippen LogP contribution in [0.3, 0.4) is 0 Å². The third-order valence-electron chi connectivity index (χ3n) is 2.67. The van der Waals surface area contributed by atoms with Gasteiger partial charge in [0, 0.05) is 6.20 Å². The van der Waals surface area contributed by atoms with E-state index in [1.165, 1.54) is 30.3 Å². The third kappa shape index (κ3) is 3.66. The highest BCUT2D eigenvalue weighted by Gasteiger charge is 2.30. The molecule has 21 heavy (non-hydrogen) atoms. The zero-order valence-corrected chi connectivity index (χ0v) is 10.5. The van der Waals surface area contributed by atoms with Crippen molar-refractivity contribution in [2.45, 2.75) is 6.18 Å². The van der Waals surface area contributed by atoms with Gasteiger partial charge in [-0.15, -0.1) is 0 Å². The van der Waals surface area contributed by atoms with E-state index in [-0.39, 0.29) is 11.3 Å². The maximum absolute atomic E-state index is 12.8. The fraction of sp³-hybridized carbons (Fsp3) is 0.0667. The van der Waals surface area contributed by atoms with Crippen molar-refractivity contribution in [3.63, 3.8) is 0 Å². The van der Waals surface area contributed by atoms with E-state index in [0.29, 0.717) is 11.8 Å². The molecule has 0 radical (unpaired) electrons. The van der Waals surface area contributed by atoms with Crippen molar-refractivity contribution in [1.82, 2.24) is 4.98 Å². The Morgan fingerprint density at radius 2 is 1.76 bits per heavy atom. The molecular weight excluding hydrogens is 284 g/mol. The minimum absolute atomic E-state index is 0.0929. The molecule has 2 nitrogen and oxygen atoms in total. The van der Waals surface area contributed by atoms with Crippen LogP contribution in [-0.2, 0) is 6.18 Å². The standard InChI is InChI=1S/C15H8F4N2/c16-13-4-1-10(2-5-13)7-11(8-20)14-6-3-12(9-21-14)15(17,18)19/h1-7,9H. The molecule has 0 amide bonds. The van der Waals surface area contributed by atoms with Crippen LogP contribution in [0.4, 0.5) is 17.6 Å². The predicted octanol–water partition coefficient (Wildman–Crippen LogP) is 4.30. The van der Waals surface area contributed by atoms with E-state index in [1.54, 1.807) is 0 Å². The number of halogens is 4. The van der Waals surface area contributed by atoms with Crippen molar-refractivity contribution in [1.29, 1.82) is 5.26 Å². The molecule has 2 aromatic rings. The van der Waals surface area contributed by atoms with Crippen LogP contribution in [0.2, 0.25) is 0 Å². The Bertz CT molecular complexity index is 692. The van der Waals surface area contributed by atoms with Crippen LogP contribution in [-0.4, -0.2) is 4.98 Å². The second kappa shape index (κ2) is 5.75. The molecule has 106 valence electrons. The Labute approximate surface area is 118 Å². The lowest BCUT2D eigenvalue weighted by molar-refractivity contribution is -0.137. The zero-order valence-electron chi connectivity index (χ0n) is 10.5. The van der Waals surface area contributed by atoms with E-state index >= 15 is 0 Å². The molecule has 0 saturated carbocycles. The molecule has 1 aromatic heterocycles. The number of hydrogen-bond donors (Lipinski definition) is 0. The number of nitrogens with zero attached hydrogens (tertiary/aromatic N) is 2. The van der Waals surface area contributed by atoms with Gasteiger partial charge in [0.05, 0.1) is 16.8 Å². The summed E-state index contributed by atoms with van der Waals surface area (Å²) in [5.41, 5.74) is -0.120. The molecule has 0 spiro atoms. The van der Waals surface area contributed by atoms with Crippen molar-refractivity contribution in [3.05, 3.63) is 65.2 Å². The molecular formula is C15H8F4N2. The highest BCUT2D eigenvalue weighted by atomic mass is 19.4. The van der Waals surface area contributed by atoms with Gasteiger partial charge in [0.15, 0.2) is 0 Å². The van der Waals surface area contributed by atoms with Gasteiger partial charge in [0.2, 0.25) is 0 Å². The van der Waals surface area contributed by atoms with Gasteiger partial charge in [0.25, 0.3) is 0 Å². The van der Waals surface area contributed by atoms with Gasteiger partial charge in [-0.3, -0.25) is 4.98 Å². The second-order valence-electron chi connectivity index (χ2n) is 4.15. The van der Waals surface area contributed by atoms with Crippen LogP contribution < -0.4 is 0 Å². The Morgan fingerprint density at radius 3 is 2.24 bits per heavy atom. The van der Waals surface area contributed by atoms with Crippen LogP contribution in [0.5, 0.6) is 0 Å². The molecule has 0 atom stereocenters. The lowest BCUT2D eigenvalue weighted by Gasteiger charge is -2.06. The van der Waals surface area contributed by atoms with E-state index in [2.05, 4.69) is 4.98 Å². The van der Waals surface area contributed by atoms with Crippen LogP contribution >= 0.6 is 0 Å². The van der Waals surface area contributed by atoms with E-state index in [4.69, 9.17) is 5.26 Å². The Hall–Kier alpha value is -2.68. The van der Waals surface area contributed by atoms with E-state index in [0.717, 1.165) is 12.1 Å². The maximum Gasteiger partial charge on any atom is 0.417 e. The number of benzene rings is 1. The van der Waals surface area contributed by atoms with E-state index in [9.17, 15) is 17.6 Å². The minimum atomic E-state index is -4.47. The fourth-order valence-electron chi connectivity index (χ4n) is 1.61. The van der Waals surface area contributed by atoms with E-state index in [1.807, 2.05) is 6.07 Å². The molecule has 0 aliphatic carbocycles. The van der Waals surface area contributed by atoms with Crippen molar-refractivity contribution in [3.8, 4) is 6.07 Å². The SMILES string of the molecule is N#CC(=Cc1ccc(F)cc1)c1ccc(C(F)(F)F)cn1. The van der Waals surface area contributed by atoms with Crippen LogP contribution in [0.15, 0.2) is 42.6 Å². The van der Waals surface area contributed by atoms with Gasteiger partial charge in [-0.05, 0) is 35.9 Å². The molecule has 0 unspecified atom stereocenters. The highest BCUT2D eigenvalue weighted by molar-refractivity contribution is 5.88. The van der Waals surface area contributed by atoms with Gasteiger partial charge in [-0.25, -0.2) is 4.39 Å². The lowest BCUT2D eigenvalue weighted by atomic mass is 10.1. The number of alkyl halides is 3. The number of allylic oxidation sites excluding steroid dienone is 1. The summed E-state index contributed by atoms with van der Waals surface area (Å²) in [6.45, 7) is 0. The highest BCUT2D eigenvalue weighted by Crippen LogP contribution is 2.29. The topological polar surface area (TPSA) is 36.7 Å². The molecule has 0 aliphatic heterocycles. The first-order valence-corrected chi connectivity index (χ1v) is 5.81. The number of hydrogen-bond acceptors (Lipinski definition) is 2. The first-order valence-electron chi connectivity index (χ1n) is 5.81. The van der Waals surface area contributed by atoms with Gasteiger partial charge in [-0.2, -0.15) is 18.4 Å². The molecule has 6 heteroatoms. The van der Waals surface area contributed by atoms with Crippen LogP contribution in [0.1, 0.15) is 16.8 Å². The molecule has 0 bridgehead atoms. The monoisotopic (exact) mass is 292 g/mol. The minimum Gasteiger partial charge on any atom is -0.255 e. The first kappa shape index (κ1) is 14.7. The van der Waals surface area contributed by atoms with Gasteiger partial charge >= 0.3 is 6.18 Å². The Balaban J connectivity index is 2.34. The van der Waals surface area contributed by atoms with E-state index < -0.39 is 17.6 Å². The third-order valence-corrected chi connectivity index (χ3v) is 2.67. The number of aromatic nitrogens is 1. The summed E-state index contributed by atoms with van der Waals surface area (Å²) in [5, 5.41) is 9.07. The average Bonchev–Trinajstić information content (AvgIpc) is 2.46. The molecule has 2 rings (SSSR count). The maximum atomic E-state index is 12.8. The summed E-state index contributed by atoms with van der Waals surface area (Å²) in [6.07, 6.45) is -2.38. The quantitative estimate of drug-likeness (QED) is 0.611. The molecule has 1 aromatic carbocycles. The predicted molar refractivity (Wildman–Crippen MR) is 69.1 cm³/mol.